The number of benzene rings is 1. The minimum Gasteiger partial charge on any atom is -0.382 e. The number of nitriles is 1. The maximum atomic E-state index is 8.65. The van der Waals surface area contributed by atoms with Gasteiger partial charge in [-0.3, -0.25) is 4.90 Å². The van der Waals surface area contributed by atoms with Gasteiger partial charge in [0.1, 0.15) is 0 Å². The fourth-order valence-electron chi connectivity index (χ4n) is 2.40. The Balaban J connectivity index is 1.81. The van der Waals surface area contributed by atoms with E-state index < -0.39 is 0 Å². The van der Waals surface area contributed by atoms with E-state index in [0.717, 1.165) is 37.5 Å². The lowest BCUT2D eigenvalue weighted by molar-refractivity contribution is -0.0315. The van der Waals surface area contributed by atoms with Crippen molar-refractivity contribution in [2.45, 2.75) is 32.4 Å². The molecule has 0 saturated carbocycles. The van der Waals surface area contributed by atoms with Crippen LogP contribution >= 0.6 is 0 Å². The smallest absolute Gasteiger partial charge is 0.0874 e. The van der Waals surface area contributed by atoms with Crippen LogP contribution < -0.4 is 5.32 Å². The lowest BCUT2D eigenvalue weighted by Crippen LogP contribution is -2.48. The molecule has 1 unspecified atom stereocenters. The predicted molar refractivity (Wildman–Crippen MR) is 80.7 cm³/mol. The van der Waals surface area contributed by atoms with E-state index in [1.54, 1.807) is 0 Å². The molecular formula is C16H23N3O. The fraction of sp³-hybridized carbons (Fsp3) is 0.562. The molecule has 4 nitrogen and oxygen atoms in total. The summed E-state index contributed by atoms with van der Waals surface area (Å²) in [4.78, 5) is 2.45. The average Bonchev–Trinajstić information content (AvgIpc) is 2.47. The molecule has 1 heterocycles. The molecule has 1 fully saturated rings. The molecule has 1 aliphatic heterocycles. The van der Waals surface area contributed by atoms with E-state index in [9.17, 15) is 0 Å². The third-order valence-electron chi connectivity index (χ3n) is 3.67. The van der Waals surface area contributed by atoms with Gasteiger partial charge in [0, 0.05) is 31.4 Å². The van der Waals surface area contributed by atoms with E-state index in [-0.39, 0.29) is 6.10 Å². The summed E-state index contributed by atoms with van der Waals surface area (Å²) in [6.45, 7) is 8.09. The average molecular weight is 273 g/mol. The molecular weight excluding hydrogens is 250 g/mol. The number of rotatable bonds is 5. The van der Waals surface area contributed by atoms with Gasteiger partial charge >= 0.3 is 0 Å². The van der Waals surface area contributed by atoms with Crippen LogP contribution in [0.15, 0.2) is 24.3 Å². The Morgan fingerprint density at radius 3 is 2.80 bits per heavy atom. The van der Waals surface area contributed by atoms with E-state index in [2.05, 4.69) is 30.1 Å². The van der Waals surface area contributed by atoms with Gasteiger partial charge in [0.2, 0.25) is 0 Å². The lowest BCUT2D eigenvalue weighted by Gasteiger charge is -2.35. The van der Waals surface area contributed by atoms with Crippen molar-refractivity contribution >= 4 is 5.69 Å². The van der Waals surface area contributed by atoms with Gasteiger partial charge in [-0.1, -0.05) is 12.1 Å². The van der Waals surface area contributed by atoms with Crippen molar-refractivity contribution in [3.05, 3.63) is 29.8 Å². The van der Waals surface area contributed by atoms with Crippen LogP contribution in [0.2, 0.25) is 0 Å². The molecule has 0 bridgehead atoms. The number of hydrogen-bond donors (Lipinski definition) is 1. The Kier molecular flexibility index (Phi) is 5.40. The zero-order valence-electron chi connectivity index (χ0n) is 12.3. The van der Waals surface area contributed by atoms with Crippen molar-refractivity contribution in [3.63, 3.8) is 0 Å². The van der Waals surface area contributed by atoms with E-state index in [1.165, 1.54) is 0 Å². The topological polar surface area (TPSA) is 48.3 Å². The van der Waals surface area contributed by atoms with Crippen molar-refractivity contribution in [3.8, 4) is 6.07 Å². The molecule has 0 amide bonds. The number of nitrogens with zero attached hydrogens (tertiary/aromatic N) is 2. The van der Waals surface area contributed by atoms with Crippen molar-refractivity contribution in [1.82, 2.24) is 4.90 Å². The molecule has 0 aromatic heterocycles. The minimum atomic E-state index is 0.241. The quantitative estimate of drug-likeness (QED) is 0.894. The molecule has 1 aromatic carbocycles. The second kappa shape index (κ2) is 7.28. The Morgan fingerprint density at radius 1 is 1.40 bits per heavy atom. The van der Waals surface area contributed by atoms with Crippen molar-refractivity contribution in [1.29, 1.82) is 5.26 Å². The van der Waals surface area contributed by atoms with Crippen molar-refractivity contribution < 1.29 is 4.74 Å². The fourth-order valence-corrected chi connectivity index (χ4v) is 2.40. The van der Waals surface area contributed by atoms with E-state index in [4.69, 9.17) is 10.00 Å². The van der Waals surface area contributed by atoms with Crippen LogP contribution in [0.3, 0.4) is 0 Å². The molecule has 108 valence electrons. The summed E-state index contributed by atoms with van der Waals surface area (Å²) in [5.41, 5.74) is 2.13. The Morgan fingerprint density at radius 2 is 2.15 bits per heavy atom. The van der Waals surface area contributed by atoms with Crippen LogP contribution in [-0.2, 0) is 11.2 Å². The van der Waals surface area contributed by atoms with Gasteiger partial charge in [0.15, 0.2) is 0 Å². The summed E-state index contributed by atoms with van der Waals surface area (Å²) in [5, 5.41) is 12.1. The maximum Gasteiger partial charge on any atom is 0.0874 e. The highest BCUT2D eigenvalue weighted by Crippen LogP contribution is 2.12. The van der Waals surface area contributed by atoms with Gasteiger partial charge in [-0.15, -0.1) is 0 Å². The molecule has 20 heavy (non-hydrogen) atoms. The largest absolute Gasteiger partial charge is 0.382 e. The monoisotopic (exact) mass is 273 g/mol. The standard InChI is InChI=1S/C16H23N3O/c1-13(2)19-9-10-20-16(12-19)11-18-15-5-3-14(4-6-15)7-8-17/h3-6,13,16,18H,7,9-12H2,1-2H3. The molecule has 1 atom stereocenters. The third kappa shape index (κ3) is 4.22. The Bertz CT molecular complexity index is 450. The van der Waals surface area contributed by atoms with Crippen LogP contribution in [-0.4, -0.2) is 43.3 Å². The Labute approximate surface area is 121 Å². The van der Waals surface area contributed by atoms with Crippen LogP contribution in [0.1, 0.15) is 19.4 Å². The molecule has 0 aliphatic carbocycles. The summed E-state index contributed by atoms with van der Waals surface area (Å²) >= 11 is 0. The molecule has 4 heteroatoms. The van der Waals surface area contributed by atoms with Gasteiger partial charge in [-0.05, 0) is 31.5 Å². The van der Waals surface area contributed by atoms with Gasteiger partial charge in [-0.2, -0.15) is 5.26 Å². The lowest BCUT2D eigenvalue weighted by atomic mass is 10.1. The van der Waals surface area contributed by atoms with Crippen LogP contribution in [0.5, 0.6) is 0 Å². The van der Waals surface area contributed by atoms with Gasteiger partial charge in [0.05, 0.1) is 25.2 Å². The summed E-state index contributed by atoms with van der Waals surface area (Å²) in [7, 11) is 0. The number of hydrogen-bond acceptors (Lipinski definition) is 4. The van der Waals surface area contributed by atoms with Gasteiger partial charge < -0.3 is 10.1 Å². The predicted octanol–water partition coefficient (Wildman–Crippen LogP) is 2.27. The second-order valence-corrected chi connectivity index (χ2v) is 5.49. The highest BCUT2D eigenvalue weighted by molar-refractivity contribution is 5.45. The van der Waals surface area contributed by atoms with Crippen LogP contribution in [0.4, 0.5) is 5.69 Å². The van der Waals surface area contributed by atoms with Crippen molar-refractivity contribution in [2.75, 3.05) is 31.6 Å². The van der Waals surface area contributed by atoms with E-state index >= 15 is 0 Å². The molecule has 0 spiro atoms. The maximum absolute atomic E-state index is 8.65. The molecule has 1 saturated heterocycles. The first-order chi connectivity index (χ1) is 9.69. The summed E-state index contributed by atoms with van der Waals surface area (Å²) in [5.74, 6) is 0. The first-order valence-electron chi connectivity index (χ1n) is 7.24. The Hall–Kier alpha value is -1.57. The highest BCUT2D eigenvalue weighted by Gasteiger charge is 2.21. The summed E-state index contributed by atoms with van der Waals surface area (Å²) in [6, 6.07) is 10.8. The molecule has 0 radical (unpaired) electrons. The summed E-state index contributed by atoms with van der Waals surface area (Å²) in [6.07, 6.45) is 0.708. The first kappa shape index (κ1) is 14.8. The number of nitrogens with one attached hydrogen (secondary N) is 1. The second-order valence-electron chi connectivity index (χ2n) is 5.49. The van der Waals surface area contributed by atoms with Crippen LogP contribution in [0, 0.1) is 11.3 Å². The van der Waals surface area contributed by atoms with Crippen molar-refractivity contribution in [2.24, 2.45) is 0 Å². The highest BCUT2D eigenvalue weighted by atomic mass is 16.5. The molecule has 1 aromatic rings. The minimum absolute atomic E-state index is 0.241. The van der Waals surface area contributed by atoms with Gasteiger partial charge in [0.25, 0.3) is 0 Å². The number of anilines is 1. The number of ether oxygens (including phenoxy) is 1. The molecule has 1 aliphatic rings. The molecule has 1 N–H and O–H groups in total. The SMILES string of the molecule is CC(C)N1CCOC(CNc2ccc(CC#N)cc2)C1. The molecule has 2 rings (SSSR count). The zero-order chi connectivity index (χ0) is 14.4. The summed E-state index contributed by atoms with van der Waals surface area (Å²) < 4.78 is 5.80. The van der Waals surface area contributed by atoms with E-state index in [1.807, 2.05) is 24.3 Å². The normalized spacial score (nSPS) is 19.8. The zero-order valence-corrected chi connectivity index (χ0v) is 12.3. The third-order valence-corrected chi connectivity index (χ3v) is 3.67. The first-order valence-corrected chi connectivity index (χ1v) is 7.24. The van der Waals surface area contributed by atoms with E-state index in [0.29, 0.717) is 12.5 Å². The van der Waals surface area contributed by atoms with Crippen LogP contribution in [0.25, 0.3) is 0 Å². The van der Waals surface area contributed by atoms with Gasteiger partial charge in [-0.25, -0.2) is 0 Å². The number of morpholine rings is 1.